The van der Waals surface area contributed by atoms with Gasteiger partial charge in [-0.1, -0.05) is 69.3 Å². The third kappa shape index (κ3) is 22.1. The molecule has 0 aliphatic heterocycles. The molecule has 0 heterocycles. The van der Waals surface area contributed by atoms with Gasteiger partial charge in [0.2, 0.25) is 0 Å². The van der Waals surface area contributed by atoms with Crippen molar-refractivity contribution in [3.63, 3.8) is 0 Å². The Morgan fingerprint density at radius 1 is 0.750 bits per heavy atom. The molecule has 0 amide bonds. The third-order valence-electron chi connectivity index (χ3n) is 3.74. The molecule has 1 radical (unpaired) electrons. The molecule has 199 valence electrons. The fourth-order valence-corrected chi connectivity index (χ4v) is 2.96. The van der Waals surface area contributed by atoms with Gasteiger partial charge in [-0.3, -0.25) is 9.98 Å². The molecule has 2 aromatic rings. The van der Waals surface area contributed by atoms with Gasteiger partial charge in [0.25, 0.3) is 0 Å². The van der Waals surface area contributed by atoms with Crippen molar-refractivity contribution in [1.29, 1.82) is 0 Å². The van der Waals surface area contributed by atoms with Crippen LogP contribution in [0, 0.1) is 10.2 Å². The first kappa shape index (κ1) is 37.1. The number of rotatable bonds is 10. The smallest absolute Gasteiger partial charge is 0.872 e. The molecule has 0 saturated heterocycles. The van der Waals surface area contributed by atoms with Crippen molar-refractivity contribution in [3.05, 3.63) is 56.5 Å². The molecule has 2 N–H and O–H groups in total. The van der Waals surface area contributed by atoms with E-state index in [9.17, 15) is 10.2 Å². The fraction of sp³-hybridized carbons (Fsp3) is 0.364. The van der Waals surface area contributed by atoms with Crippen LogP contribution in [0.25, 0.3) is 0 Å². The number of nitrogens with zero attached hydrogens (tertiary/aromatic N) is 2. The second-order valence-corrected chi connectivity index (χ2v) is 9.11. The summed E-state index contributed by atoms with van der Waals surface area (Å²) < 4.78 is 35.8. The number of likely N-dealkylation sites (N-methyl/N-ethyl adjacent to an activating group) is 2. The van der Waals surface area contributed by atoms with E-state index in [1.807, 2.05) is 13.8 Å². The Labute approximate surface area is 241 Å². The van der Waals surface area contributed by atoms with Crippen LogP contribution in [0.1, 0.15) is 25.0 Å². The SMILES string of the molecule is CCNCCN=Cc1cc(Br)ccc1[O-].CCNCCN=Cc1cc(Br)ccc1[O-].[Fe+5].[O-][Cl+3]([O-])([O-])[O-]. The zero-order chi connectivity index (χ0) is 26.7. The van der Waals surface area contributed by atoms with Crippen molar-refractivity contribution in [1.82, 2.24) is 10.6 Å². The Hall–Kier alpha value is -1.09. The molecule has 0 spiro atoms. The van der Waals surface area contributed by atoms with Crippen LogP contribution in [0.3, 0.4) is 0 Å². The van der Waals surface area contributed by atoms with Gasteiger partial charge in [0.15, 0.2) is 0 Å². The van der Waals surface area contributed by atoms with Gasteiger partial charge in [-0.25, -0.2) is 18.6 Å². The topological polar surface area (TPSA) is 187 Å². The first-order valence-electron chi connectivity index (χ1n) is 10.4. The molecule has 2 aromatic carbocycles. The van der Waals surface area contributed by atoms with Gasteiger partial charge in [-0.2, -0.15) is 0 Å². The average molecular weight is 696 g/mol. The zero-order valence-corrected chi connectivity index (χ0v) is 24.7. The molecule has 0 aliphatic carbocycles. The summed E-state index contributed by atoms with van der Waals surface area (Å²) in [5.41, 5.74) is 1.25. The van der Waals surface area contributed by atoms with E-state index in [0.717, 1.165) is 35.1 Å². The average Bonchev–Trinajstić information content (AvgIpc) is 2.77. The van der Waals surface area contributed by atoms with E-state index >= 15 is 0 Å². The first-order valence-corrected chi connectivity index (χ1v) is 13.3. The number of hydrogen-bond acceptors (Lipinski definition) is 10. The minimum Gasteiger partial charge on any atom is -0.872 e. The normalized spacial score (nSPS) is 10.9. The molecule has 10 nitrogen and oxygen atoms in total. The van der Waals surface area contributed by atoms with Crippen LogP contribution in [-0.4, -0.2) is 51.7 Å². The maximum absolute atomic E-state index is 11.4. The van der Waals surface area contributed by atoms with Crippen molar-refractivity contribution in [2.24, 2.45) is 9.98 Å². The van der Waals surface area contributed by atoms with E-state index in [2.05, 4.69) is 52.5 Å². The standard InChI is InChI=1S/2C11H15BrN2O.ClHO4.Fe/c2*1-2-13-5-6-14-8-9-7-10(12)3-4-11(9)15;2-1(3,4)5;/h2*3-4,7-8,13,15H,2,5-6H2,1H3;(H,2,3,4,5);/q;;;+5/p-3. The molecule has 2 rings (SSSR count). The Morgan fingerprint density at radius 3 is 1.39 bits per heavy atom. The van der Waals surface area contributed by atoms with Crippen LogP contribution in [0.5, 0.6) is 11.5 Å². The van der Waals surface area contributed by atoms with Crippen LogP contribution in [0.4, 0.5) is 0 Å². The van der Waals surface area contributed by atoms with E-state index < -0.39 is 10.2 Å². The van der Waals surface area contributed by atoms with Crippen LogP contribution >= 0.6 is 31.9 Å². The molecule has 0 aromatic heterocycles. The van der Waals surface area contributed by atoms with Crippen molar-refractivity contribution < 1.29 is 56.2 Å². The maximum Gasteiger partial charge on any atom is 5.00 e. The van der Waals surface area contributed by atoms with Gasteiger partial charge < -0.3 is 20.8 Å². The largest absolute Gasteiger partial charge is 5.00 e. The second-order valence-electron chi connectivity index (χ2n) is 6.52. The molecule has 0 aliphatic rings. The van der Waals surface area contributed by atoms with Crippen LogP contribution in [0.15, 0.2) is 55.3 Å². The number of halogens is 3. The summed E-state index contributed by atoms with van der Waals surface area (Å²) in [5.74, 6) is 0.0100. The predicted molar refractivity (Wildman–Crippen MR) is 129 cm³/mol. The molecule has 0 unspecified atom stereocenters. The van der Waals surface area contributed by atoms with Crippen LogP contribution in [0.2, 0.25) is 0 Å². The third-order valence-corrected chi connectivity index (χ3v) is 4.73. The minimum atomic E-state index is -4.94. The molecular formula is C22H28Br2ClFeN4O6+2. The van der Waals surface area contributed by atoms with Gasteiger partial charge in [-0.15, -0.1) is 10.2 Å². The van der Waals surface area contributed by atoms with Gasteiger partial charge in [0, 0.05) is 34.5 Å². The van der Waals surface area contributed by atoms with E-state index in [4.69, 9.17) is 18.6 Å². The van der Waals surface area contributed by atoms with Gasteiger partial charge in [0.05, 0.1) is 13.1 Å². The molecule has 0 saturated carbocycles. The summed E-state index contributed by atoms with van der Waals surface area (Å²) in [7, 11) is -4.94. The summed E-state index contributed by atoms with van der Waals surface area (Å²) in [6.45, 7) is 9.06. The van der Waals surface area contributed by atoms with Gasteiger partial charge >= 0.3 is 17.1 Å². The monoisotopic (exact) mass is 693 g/mol. The molecule has 36 heavy (non-hydrogen) atoms. The Kier molecular flexibility index (Phi) is 22.6. The maximum atomic E-state index is 11.4. The molecule has 0 bridgehead atoms. The summed E-state index contributed by atoms with van der Waals surface area (Å²) in [4.78, 5) is 8.35. The Balaban J connectivity index is 0. The van der Waals surface area contributed by atoms with E-state index in [1.165, 1.54) is 12.1 Å². The molecule has 0 atom stereocenters. The minimum absolute atomic E-state index is 0. The van der Waals surface area contributed by atoms with Crippen molar-refractivity contribution in [2.45, 2.75) is 13.8 Å². The summed E-state index contributed by atoms with van der Waals surface area (Å²) >= 11 is 6.63. The quantitative estimate of drug-likeness (QED) is 0.168. The van der Waals surface area contributed by atoms with Crippen LogP contribution in [-0.2, 0) is 17.1 Å². The molecule has 0 fully saturated rings. The zero-order valence-electron chi connectivity index (χ0n) is 19.7. The first-order chi connectivity index (χ1) is 16.5. The van der Waals surface area contributed by atoms with Crippen LogP contribution < -0.4 is 39.5 Å². The van der Waals surface area contributed by atoms with E-state index in [-0.39, 0.29) is 28.6 Å². The second kappa shape index (κ2) is 21.9. The summed E-state index contributed by atoms with van der Waals surface area (Å²) in [6, 6.07) is 10.1. The Bertz CT molecular complexity index is 847. The van der Waals surface area contributed by atoms with Gasteiger partial charge in [-0.05, 0) is 48.5 Å². The van der Waals surface area contributed by atoms with E-state index in [0.29, 0.717) is 24.2 Å². The molecular weight excluding hydrogens is 667 g/mol. The summed E-state index contributed by atoms with van der Waals surface area (Å²) in [6.07, 6.45) is 3.26. The van der Waals surface area contributed by atoms with Crippen molar-refractivity contribution >= 4 is 44.3 Å². The number of nitrogens with one attached hydrogen (secondary N) is 2. The Morgan fingerprint density at radius 2 is 1.08 bits per heavy atom. The van der Waals surface area contributed by atoms with Crippen molar-refractivity contribution in [2.75, 3.05) is 39.3 Å². The fourth-order valence-electron chi connectivity index (χ4n) is 2.21. The van der Waals surface area contributed by atoms with E-state index in [1.54, 1.807) is 36.7 Å². The summed E-state index contributed by atoms with van der Waals surface area (Å²) in [5, 5.41) is 29.0. The molecule has 14 heteroatoms. The predicted octanol–water partition coefficient (Wildman–Crippen LogP) is -1.66. The van der Waals surface area contributed by atoms with Crippen molar-refractivity contribution in [3.8, 4) is 11.5 Å². The number of aliphatic imine (C=N–C) groups is 2. The van der Waals surface area contributed by atoms with Gasteiger partial charge in [0.1, 0.15) is 0 Å². The number of benzene rings is 2. The number of hydrogen-bond donors (Lipinski definition) is 2.